The van der Waals surface area contributed by atoms with E-state index in [1.54, 1.807) is 7.11 Å². The van der Waals surface area contributed by atoms with Gasteiger partial charge in [0.2, 0.25) is 0 Å². The van der Waals surface area contributed by atoms with E-state index in [2.05, 4.69) is 4.90 Å². The second-order valence-electron chi connectivity index (χ2n) is 3.73. The van der Waals surface area contributed by atoms with E-state index in [9.17, 15) is 0 Å². The van der Waals surface area contributed by atoms with Gasteiger partial charge in [-0.3, -0.25) is 4.90 Å². The van der Waals surface area contributed by atoms with Crippen LogP contribution in [-0.2, 0) is 14.2 Å². The molecule has 0 bridgehead atoms. The van der Waals surface area contributed by atoms with Gasteiger partial charge >= 0.3 is 0 Å². The maximum Gasteiger partial charge on any atom is 0.0701 e. The minimum absolute atomic E-state index is 0.177. The molecule has 0 aromatic rings. The van der Waals surface area contributed by atoms with E-state index in [0.29, 0.717) is 33.0 Å². The van der Waals surface area contributed by atoms with Crippen molar-refractivity contribution in [2.24, 2.45) is 0 Å². The van der Waals surface area contributed by atoms with Crippen LogP contribution in [0.2, 0.25) is 0 Å². The van der Waals surface area contributed by atoms with Crippen molar-refractivity contribution in [2.45, 2.75) is 13.0 Å². The summed E-state index contributed by atoms with van der Waals surface area (Å²) < 4.78 is 15.5. The van der Waals surface area contributed by atoms with Crippen molar-refractivity contribution in [2.75, 3.05) is 60.3 Å². The van der Waals surface area contributed by atoms with Crippen LogP contribution in [0.3, 0.4) is 0 Å². The molecule has 0 aromatic carbocycles. The molecule has 1 atom stereocenters. The van der Waals surface area contributed by atoms with E-state index in [0.717, 1.165) is 6.54 Å². The van der Waals surface area contributed by atoms with Crippen molar-refractivity contribution < 1.29 is 19.3 Å². The first-order valence-corrected chi connectivity index (χ1v) is 5.68. The smallest absolute Gasteiger partial charge is 0.0701 e. The summed E-state index contributed by atoms with van der Waals surface area (Å²) in [5.41, 5.74) is 0. The molecule has 0 spiro atoms. The number of rotatable bonds is 11. The maximum absolute atomic E-state index is 8.91. The summed E-state index contributed by atoms with van der Waals surface area (Å²) in [5, 5.41) is 8.91. The molecule has 98 valence electrons. The molecule has 0 aromatic heterocycles. The monoisotopic (exact) mass is 235 g/mol. The van der Waals surface area contributed by atoms with Crippen molar-refractivity contribution in [3.05, 3.63) is 0 Å². The van der Waals surface area contributed by atoms with E-state index >= 15 is 0 Å². The number of aliphatic hydroxyl groups excluding tert-OH is 1. The number of nitrogens with zero attached hydrogens (tertiary/aromatic N) is 1. The van der Waals surface area contributed by atoms with Crippen LogP contribution >= 0.6 is 0 Å². The van der Waals surface area contributed by atoms with E-state index in [4.69, 9.17) is 19.3 Å². The lowest BCUT2D eigenvalue weighted by Crippen LogP contribution is -2.34. The lowest BCUT2D eigenvalue weighted by atomic mass is 10.3. The number of likely N-dealkylation sites (N-methyl/N-ethyl adjacent to an activating group) is 1. The molecule has 1 N–H and O–H groups in total. The van der Waals surface area contributed by atoms with E-state index in [-0.39, 0.29) is 12.6 Å². The maximum atomic E-state index is 8.91. The molecule has 0 aliphatic rings. The Morgan fingerprint density at radius 3 is 2.19 bits per heavy atom. The number of hydrogen-bond donors (Lipinski definition) is 1. The van der Waals surface area contributed by atoms with Crippen LogP contribution in [-0.4, -0.2) is 76.4 Å². The van der Waals surface area contributed by atoms with Crippen LogP contribution in [0.5, 0.6) is 0 Å². The first-order chi connectivity index (χ1) is 7.72. The summed E-state index contributed by atoms with van der Waals surface area (Å²) in [7, 11) is 3.62. The second kappa shape index (κ2) is 11.3. The summed E-state index contributed by atoms with van der Waals surface area (Å²) in [4.78, 5) is 2.06. The molecule has 0 aliphatic carbocycles. The van der Waals surface area contributed by atoms with Gasteiger partial charge in [0, 0.05) is 19.7 Å². The van der Waals surface area contributed by atoms with Gasteiger partial charge in [0.1, 0.15) is 0 Å². The van der Waals surface area contributed by atoms with Crippen molar-refractivity contribution in [3.63, 3.8) is 0 Å². The highest BCUT2D eigenvalue weighted by Gasteiger charge is 2.06. The predicted octanol–water partition coefficient (Wildman–Crippen LogP) is -0.0214. The molecular formula is C11H25NO4. The SMILES string of the molecule is COCCOCCOCCN(C)C(C)CO. The lowest BCUT2D eigenvalue weighted by Gasteiger charge is -2.22. The minimum Gasteiger partial charge on any atom is -0.395 e. The molecule has 1 unspecified atom stereocenters. The number of methoxy groups -OCH3 is 1. The topological polar surface area (TPSA) is 51.2 Å². The van der Waals surface area contributed by atoms with Crippen LogP contribution in [0, 0.1) is 0 Å². The molecule has 16 heavy (non-hydrogen) atoms. The summed E-state index contributed by atoms with van der Waals surface area (Å²) in [5.74, 6) is 0. The third-order valence-electron chi connectivity index (χ3n) is 2.41. The first kappa shape index (κ1) is 15.8. The largest absolute Gasteiger partial charge is 0.395 e. The van der Waals surface area contributed by atoms with Gasteiger partial charge in [-0.05, 0) is 14.0 Å². The Bertz CT molecular complexity index is 146. The zero-order valence-corrected chi connectivity index (χ0v) is 10.6. The second-order valence-corrected chi connectivity index (χ2v) is 3.73. The van der Waals surface area contributed by atoms with Gasteiger partial charge in [-0.25, -0.2) is 0 Å². The van der Waals surface area contributed by atoms with Crippen molar-refractivity contribution in [1.82, 2.24) is 4.90 Å². The third kappa shape index (κ3) is 9.06. The number of hydrogen-bond acceptors (Lipinski definition) is 5. The summed E-state index contributed by atoms with van der Waals surface area (Å²) in [6.45, 7) is 6.07. The van der Waals surface area contributed by atoms with Gasteiger partial charge < -0.3 is 19.3 Å². The molecule has 0 saturated carbocycles. The first-order valence-electron chi connectivity index (χ1n) is 5.68. The molecule has 0 saturated heterocycles. The predicted molar refractivity (Wildman–Crippen MR) is 62.7 cm³/mol. The Labute approximate surface area is 98.3 Å². The Kier molecular flexibility index (Phi) is 11.1. The molecule has 0 radical (unpaired) electrons. The van der Waals surface area contributed by atoms with Crippen molar-refractivity contribution in [3.8, 4) is 0 Å². The highest BCUT2D eigenvalue weighted by Crippen LogP contribution is 1.93. The molecular weight excluding hydrogens is 210 g/mol. The van der Waals surface area contributed by atoms with Crippen molar-refractivity contribution in [1.29, 1.82) is 0 Å². The molecule has 5 nitrogen and oxygen atoms in total. The molecule has 0 heterocycles. The van der Waals surface area contributed by atoms with Gasteiger partial charge in [-0.2, -0.15) is 0 Å². The van der Waals surface area contributed by atoms with Crippen LogP contribution in [0.1, 0.15) is 6.92 Å². The zero-order chi connectivity index (χ0) is 12.2. The standard InChI is InChI=1S/C11H25NO4/c1-11(10-13)12(2)4-5-15-8-9-16-7-6-14-3/h11,13H,4-10H2,1-3H3. The van der Waals surface area contributed by atoms with Crippen LogP contribution in [0.25, 0.3) is 0 Å². The van der Waals surface area contributed by atoms with E-state index in [1.165, 1.54) is 0 Å². The van der Waals surface area contributed by atoms with Gasteiger partial charge in [0.15, 0.2) is 0 Å². The number of aliphatic hydroxyl groups is 1. The molecule has 0 aliphatic heterocycles. The highest BCUT2D eigenvalue weighted by molar-refractivity contribution is 4.60. The van der Waals surface area contributed by atoms with Crippen LogP contribution < -0.4 is 0 Å². The van der Waals surface area contributed by atoms with Gasteiger partial charge in [0.25, 0.3) is 0 Å². The molecule has 0 fully saturated rings. The fraction of sp³-hybridized carbons (Fsp3) is 1.00. The molecule has 5 heteroatoms. The Morgan fingerprint density at radius 1 is 1.06 bits per heavy atom. The molecule has 0 rings (SSSR count). The van der Waals surface area contributed by atoms with Crippen molar-refractivity contribution >= 4 is 0 Å². The average molecular weight is 235 g/mol. The minimum atomic E-state index is 0.177. The summed E-state index contributed by atoms with van der Waals surface area (Å²) in [6.07, 6.45) is 0. The van der Waals surface area contributed by atoms with Crippen LogP contribution in [0.4, 0.5) is 0 Å². The lowest BCUT2D eigenvalue weighted by molar-refractivity contribution is 0.0173. The van der Waals surface area contributed by atoms with Gasteiger partial charge in [-0.1, -0.05) is 0 Å². The Balaban J connectivity index is 3.14. The van der Waals surface area contributed by atoms with E-state index < -0.39 is 0 Å². The summed E-state index contributed by atoms with van der Waals surface area (Å²) in [6, 6.07) is 0.182. The average Bonchev–Trinajstić information content (AvgIpc) is 2.31. The third-order valence-corrected chi connectivity index (χ3v) is 2.41. The summed E-state index contributed by atoms with van der Waals surface area (Å²) >= 11 is 0. The Morgan fingerprint density at radius 2 is 1.62 bits per heavy atom. The fourth-order valence-electron chi connectivity index (χ4n) is 1.03. The van der Waals surface area contributed by atoms with Gasteiger partial charge in [0.05, 0.1) is 39.6 Å². The Hall–Kier alpha value is -0.200. The zero-order valence-electron chi connectivity index (χ0n) is 10.6. The number of ether oxygens (including phenoxy) is 3. The quantitative estimate of drug-likeness (QED) is 0.510. The van der Waals surface area contributed by atoms with Crippen LogP contribution in [0.15, 0.2) is 0 Å². The molecule has 0 amide bonds. The van der Waals surface area contributed by atoms with Gasteiger partial charge in [-0.15, -0.1) is 0 Å². The fourth-order valence-corrected chi connectivity index (χ4v) is 1.03. The van der Waals surface area contributed by atoms with E-state index in [1.807, 2.05) is 14.0 Å². The normalized spacial score (nSPS) is 13.3. The highest BCUT2D eigenvalue weighted by atomic mass is 16.5.